The van der Waals surface area contributed by atoms with Gasteiger partial charge in [0, 0.05) is 57.4 Å². The topological polar surface area (TPSA) is 41.4 Å². The molecule has 4 heterocycles. The van der Waals surface area contributed by atoms with Crippen molar-refractivity contribution in [3.8, 4) is 0 Å². The van der Waals surface area contributed by atoms with Gasteiger partial charge in [-0.3, -0.25) is 14.4 Å². The minimum atomic E-state index is 0.0729. The summed E-state index contributed by atoms with van der Waals surface area (Å²) in [6.45, 7) is 4.18. The molecular formula is C22H24N4OS. The van der Waals surface area contributed by atoms with Gasteiger partial charge in [0.25, 0.3) is 5.91 Å². The summed E-state index contributed by atoms with van der Waals surface area (Å²) in [5.41, 5.74) is 6.93. The van der Waals surface area contributed by atoms with Crippen LogP contribution in [0.2, 0.25) is 0 Å². The zero-order valence-electron chi connectivity index (χ0n) is 16.1. The van der Waals surface area contributed by atoms with E-state index in [1.807, 2.05) is 16.6 Å². The maximum atomic E-state index is 13.4. The minimum Gasteiger partial charge on any atom is -0.333 e. The smallest absolute Gasteiger partial charge is 0.275 e. The molecule has 0 fully saturated rings. The van der Waals surface area contributed by atoms with Crippen molar-refractivity contribution in [1.29, 1.82) is 0 Å². The summed E-state index contributed by atoms with van der Waals surface area (Å²) >= 11 is 1.74. The molecule has 0 atom stereocenters. The highest BCUT2D eigenvalue weighted by atomic mass is 32.1. The van der Waals surface area contributed by atoms with E-state index < -0.39 is 0 Å². The largest absolute Gasteiger partial charge is 0.333 e. The molecule has 0 N–H and O–H groups in total. The summed E-state index contributed by atoms with van der Waals surface area (Å²) in [6, 6.07) is 10.6. The van der Waals surface area contributed by atoms with E-state index in [9.17, 15) is 4.79 Å². The number of carbonyl (C=O) groups excluding carboxylic acids is 1. The zero-order valence-corrected chi connectivity index (χ0v) is 16.9. The third-order valence-electron chi connectivity index (χ3n) is 5.93. The Kier molecular flexibility index (Phi) is 4.53. The third kappa shape index (κ3) is 3.16. The van der Waals surface area contributed by atoms with Crippen molar-refractivity contribution < 1.29 is 4.79 Å². The summed E-state index contributed by atoms with van der Waals surface area (Å²) in [6.07, 6.45) is 1.86. The summed E-state index contributed by atoms with van der Waals surface area (Å²) < 4.78 is 1.92. The molecule has 0 spiro atoms. The molecule has 5 nitrogen and oxygen atoms in total. The van der Waals surface area contributed by atoms with E-state index in [1.165, 1.54) is 22.4 Å². The normalized spacial score (nSPS) is 16.7. The molecule has 2 aromatic heterocycles. The van der Waals surface area contributed by atoms with Crippen LogP contribution in [0.3, 0.4) is 0 Å². The fourth-order valence-electron chi connectivity index (χ4n) is 4.41. The lowest BCUT2D eigenvalue weighted by Gasteiger charge is -2.30. The Morgan fingerprint density at radius 2 is 1.96 bits per heavy atom. The van der Waals surface area contributed by atoms with Crippen LogP contribution in [0.5, 0.6) is 0 Å². The van der Waals surface area contributed by atoms with Gasteiger partial charge in [0.1, 0.15) is 0 Å². The van der Waals surface area contributed by atoms with Crippen molar-refractivity contribution in [2.24, 2.45) is 7.05 Å². The van der Waals surface area contributed by atoms with Gasteiger partial charge >= 0.3 is 0 Å². The lowest BCUT2D eigenvalue weighted by molar-refractivity contribution is 0.0725. The fraction of sp³-hybridized carbons (Fsp3) is 0.364. The summed E-state index contributed by atoms with van der Waals surface area (Å²) in [5, 5.41) is 8.98. The standard InChI is InChI=1S/C22H24N4OS/c1-24-20-7-9-25(12-16-8-11-28-15-16)14-19(20)21(23-24)22(27)26-10-6-17-4-2-3-5-18(17)13-26/h2-5,8,11,15H,6-7,9-10,12-14H2,1H3. The number of carbonyl (C=O) groups is 1. The van der Waals surface area contributed by atoms with E-state index >= 15 is 0 Å². The first kappa shape index (κ1) is 17.6. The van der Waals surface area contributed by atoms with Crippen molar-refractivity contribution in [1.82, 2.24) is 19.6 Å². The molecule has 0 bridgehead atoms. The average molecular weight is 393 g/mol. The molecule has 2 aliphatic rings. The first-order valence-electron chi connectivity index (χ1n) is 9.83. The van der Waals surface area contributed by atoms with Crippen LogP contribution < -0.4 is 0 Å². The number of amides is 1. The van der Waals surface area contributed by atoms with Crippen LogP contribution in [-0.2, 0) is 39.5 Å². The number of fused-ring (bicyclic) bond motifs is 2. The van der Waals surface area contributed by atoms with E-state index in [0.717, 1.165) is 44.6 Å². The number of hydrogen-bond donors (Lipinski definition) is 0. The fourth-order valence-corrected chi connectivity index (χ4v) is 5.07. The van der Waals surface area contributed by atoms with Crippen molar-refractivity contribution in [3.05, 3.63) is 74.7 Å². The molecule has 0 unspecified atom stereocenters. The molecule has 5 rings (SSSR count). The average Bonchev–Trinajstić information content (AvgIpc) is 3.35. The number of hydrogen-bond acceptors (Lipinski definition) is 4. The molecule has 3 aromatic rings. The Bertz CT molecular complexity index is 1010. The minimum absolute atomic E-state index is 0.0729. The number of thiophene rings is 1. The molecule has 2 aliphatic heterocycles. The Morgan fingerprint density at radius 3 is 2.79 bits per heavy atom. The van der Waals surface area contributed by atoms with Crippen LogP contribution in [-0.4, -0.2) is 38.6 Å². The zero-order chi connectivity index (χ0) is 19.1. The molecular weight excluding hydrogens is 368 g/mol. The van der Waals surface area contributed by atoms with E-state index in [0.29, 0.717) is 12.2 Å². The Labute approximate surface area is 169 Å². The lowest BCUT2D eigenvalue weighted by atomic mass is 9.99. The van der Waals surface area contributed by atoms with Crippen LogP contribution >= 0.6 is 11.3 Å². The number of nitrogens with zero attached hydrogens (tertiary/aromatic N) is 4. The van der Waals surface area contributed by atoms with Crippen LogP contribution in [0.25, 0.3) is 0 Å². The molecule has 0 radical (unpaired) electrons. The van der Waals surface area contributed by atoms with Crippen molar-refractivity contribution in [2.75, 3.05) is 13.1 Å². The predicted molar refractivity (Wildman–Crippen MR) is 110 cm³/mol. The van der Waals surface area contributed by atoms with Gasteiger partial charge in [0.2, 0.25) is 0 Å². The summed E-state index contributed by atoms with van der Waals surface area (Å²) in [5.74, 6) is 0.0729. The highest BCUT2D eigenvalue weighted by molar-refractivity contribution is 7.07. The monoisotopic (exact) mass is 392 g/mol. The number of aromatic nitrogens is 2. The van der Waals surface area contributed by atoms with Gasteiger partial charge in [-0.2, -0.15) is 16.4 Å². The summed E-state index contributed by atoms with van der Waals surface area (Å²) in [7, 11) is 1.97. The highest BCUT2D eigenvalue weighted by Crippen LogP contribution is 2.27. The second kappa shape index (κ2) is 7.18. The highest BCUT2D eigenvalue weighted by Gasteiger charge is 2.31. The molecule has 1 amide bonds. The van der Waals surface area contributed by atoms with E-state index in [2.05, 4.69) is 51.1 Å². The van der Waals surface area contributed by atoms with Gasteiger partial charge in [-0.1, -0.05) is 24.3 Å². The maximum absolute atomic E-state index is 13.4. The summed E-state index contributed by atoms with van der Waals surface area (Å²) in [4.78, 5) is 17.7. The van der Waals surface area contributed by atoms with E-state index in [-0.39, 0.29) is 5.91 Å². The second-order valence-corrected chi connectivity index (χ2v) is 8.52. The van der Waals surface area contributed by atoms with Gasteiger partial charge in [-0.15, -0.1) is 0 Å². The first-order valence-corrected chi connectivity index (χ1v) is 10.8. The van der Waals surface area contributed by atoms with Gasteiger partial charge in [-0.05, 0) is 39.9 Å². The maximum Gasteiger partial charge on any atom is 0.275 e. The van der Waals surface area contributed by atoms with Crippen LogP contribution in [0.15, 0.2) is 41.1 Å². The van der Waals surface area contributed by atoms with Gasteiger partial charge < -0.3 is 4.90 Å². The molecule has 0 saturated carbocycles. The molecule has 28 heavy (non-hydrogen) atoms. The van der Waals surface area contributed by atoms with Crippen molar-refractivity contribution in [2.45, 2.75) is 32.5 Å². The van der Waals surface area contributed by atoms with Gasteiger partial charge in [-0.25, -0.2) is 0 Å². The Balaban J connectivity index is 1.39. The van der Waals surface area contributed by atoms with Crippen LogP contribution in [0, 0.1) is 0 Å². The second-order valence-electron chi connectivity index (χ2n) is 7.74. The lowest BCUT2D eigenvalue weighted by Crippen LogP contribution is -2.37. The van der Waals surface area contributed by atoms with E-state index in [1.54, 1.807) is 11.3 Å². The van der Waals surface area contributed by atoms with Gasteiger partial charge in [0.05, 0.1) is 0 Å². The number of rotatable bonds is 3. The van der Waals surface area contributed by atoms with Crippen LogP contribution in [0.4, 0.5) is 0 Å². The quantitative estimate of drug-likeness (QED) is 0.687. The third-order valence-corrected chi connectivity index (χ3v) is 6.66. The van der Waals surface area contributed by atoms with Crippen molar-refractivity contribution >= 4 is 17.2 Å². The van der Waals surface area contributed by atoms with Crippen LogP contribution in [0.1, 0.15) is 38.4 Å². The molecule has 0 aliphatic carbocycles. The Hall–Kier alpha value is -2.44. The molecule has 6 heteroatoms. The number of aryl methyl sites for hydroxylation is 1. The Morgan fingerprint density at radius 1 is 1.11 bits per heavy atom. The molecule has 144 valence electrons. The SMILES string of the molecule is Cn1nc(C(=O)N2CCc3ccccc3C2)c2c1CCN(Cc1ccsc1)C2. The number of benzene rings is 1. The molecule has 1 aromatic carbocycles. The van der Waals surface area contributed by atoms with Gasteiger partial charge in [0.15, 0.2) is 5.69 Å². The first-order chi connectivity index (χ1) is 13.7. The van der Waals surface area contributed by atoms with Crippen molar-refractivity contribution in [3.63, 3.8) is 0 Å². The predicted octanol–water partition coefficient (Wildman–Crippen LogP) is 3.24. The molecule has 0 saturated heterocycles. The van der Waals surface area contributed by atoms with E-state index in [4.69, 9.17) is 0 Å².